The maximum Gasteiger partial charge on any atom is 0.253 e. The van der Waals surface area contributed by atoms with Gasteiger partial charge in [-0.1, -0.05) is 19.9 Å². The average Bonchev–Trinajstić information content (AvgIpc) is 3.00. The molecule has 7 nitrogen and oxygen atoms in total. The Bertz CT molecular complexity index is 954. The Morgan fingerprint density at radius 1 is 1.17 bits per heavy atom. The molecule has 29 heavy (non-hydrogen) atoms. The molecule has 2 heterocycles. The van der Waals surface area contributed by atoms with E-state index in [1.807, 2.05) is 31.1 Å². The van der Waals surface area contributed by atoms with E-state index in [1.165, 1.54) is 10.4 Å². The number of rotatable bonds is 6. The monoisotopic (exact) mass is 436 g/mol. The number of anilines is 1. The molecule has 1 saturated heterocycles. The van der Waals surface area contributed by atoms with Gasteiger partial charge in [-0.25, -0.2) is 13.4 Å². The smallest absolute Gasteiger partial charge is 0.253 e. The molecule has 0 bridgehead atoms. The van der Waals surface area contributed by atoms with Crippen LogP contribution in [0.1, 0.15) is 36.3 Å². The molecule has 0 saturated carbocycles. The number of hydrogen-bond donors (Lipinski definition) is 0. The van der Waals surface area contributed by atoms with Gasteiger partial charge in [0.25, 0.3) is 5.91 Å². The fourth-order valence-electron chi connectivity index (χ4n) is 3.48. The Morgan fingerprint density at radius 3 is 2.59 bits per heavy atom. The standard InChI is InChI=1S/C20H28N4O3S2/c1-4-24(5-2)29(26,27)18-9-6-8-17(14-18)19(25)22-10-7-11-23(13-12-22)20-21-16(3)15-28-20/h6,8-9,14-15H,4-5,7,10-13H2,1-3H3. The number of sulfonamides is 1. The van der Waals surface area contributed by atoms with Crippen LogP contribution in [0.4, 0.5) is 5.13 Å². The normalized spacial score (nSPS) is 15.6. The lowest BCUT2D eigenvalue weighted by Crippen LogP contribution is -2.35. The highest BCUT2D eigenvalue weighted by molar-refractivity contribution is 7.89. The summed E-state index contributed by atoms with van der Waals surface area (Å²) >= 11 is 1.62. The van der Waals surface area contributed by atoms with E-state index < -0.39 is 10.0 Å². The van der Waals surface area contributed by atoms with Crippen molar-refractivity contribution >= 4 is 32.4 Å². The second-order valence-corrected chi connectivity index (χ2v) is 9.80. The summed E-state index contributed by atoms with van der Waals surface area (Å²) in [6.45, 7) is 9.20. The minimum atomic E-state index is -3.59. The molecule has 158 valence electrons. The van der Waals surface area contributed by atoms with Gasteiger partial charge in [-0.05, 0) is 31.5 Å². The molecule has 1 aliphatic heterocycles. The number of aryl methyl sites for hydroxylation is 1. The first-order valence-corrected chi connectivity index (χ1v) is 12.2. The maximum absolute atomic E-state index is 13.1. The molecule has 3 rings (SSSR count). The second kappa shape index (κ2) is 9.23. The third-order valence-corrected chi connectivity index (χ3v) is 8.15. The molecule has 0 N–H and O–H groups in total. The van der Waals surface area contributed by atoms with Crippen molar-refractivity contribution in [3.63, 3.8) is 0 Å². The average molecular weight is 437 g/mol. The van der Waals surface area contributed by atoms with Crippen LogP contribution < -0.4 is 4.90 Å². The topological polar surface area (TPSA) is 73.8 Å². The number of thiazole rings is 1. The van der Waals surface area contributed by atoms with E-state index in [0.29, 0.717) is 31.7 Å². The first kappa shape index (κ1) is 21.7. The largest absolute Gasteiger partial charge is 0.346 e. The van der Waals surface area contributed by atoms with Gasteiger partial charge in [0, 0.05) is 50.2 Å². The Morgan fingerprint density at radius 2 is 1.93 bits per heavy atom. The van der Waals surface area contributed by atoms with Crippen molar-refractivity contribution in [3.05, 3.63) is 40.9 Å². The maximum atomic E-state index is 13.1. The number of benzene rings is 1. The molecule has 9 heteroatoms. The Labute approximate surface area is 177 Å². The SMILES string of the molecule is CCN(CC)S(=O)(=O)c1cccc(C(=O)N2CCCN(c3nc(C)cs3)CC2)c1. The lowest BCUT2D eigenvalue weighted by atomic mass is 10.2. The van der Waals surface area contributed by atoms with Gasteiger partial charge < -0.3 is 9.80 Å². The Balaban J connectivity index is 1.75. The van der Waals surface area contributed by atoms with Crippen LogP contribution in [0, 0.1) is 6.92 Å². The van der Waals surface area contributed by atoms with Gasteiger partial charge in [-0.2, -0.15) is 4.31 Å². The molecule has 0 spiro atoms. The molecule has 2 aromatic rings. The molecular formula is C20H28N4O3S2. The highest BCUT2D eigenvalue weighted by atomic mass is 32.2. The van der Waals surface area contributed by atoms with E-state index in [-0.39, 0.29) is 10.8 Å². The minimum Gasteiger partial charge on any atom is -0.346 e. The number of nitrogens with zero attached hydrogens (tertiary/aromatic N) is 4. The first-order chi connectivity index (χ1) is 13.9. The van der Waals surface area contributed by atoms with Crippen LogP contribution in [0.15, 0.2) is 34.5 Å². The number of aromatic nitrogens is 1. The van der Waals surface area contributed by atoms with Gasteiger partial charge in [-0.3, -0.25) is 4.79 Å². The summed E-state index contributed by atoms with van der Waals surface area (Å²) in [7, 11) is -3.59. The highest BCUT2D eigenvalue weighted by Crippen LogP contribution is 2.22. The molecule has 0 unspecified atom stereocenters. The van der Waals surface area contributed by atoms with Gasteiger partial charge in [0.1, 0.15) is 0 Å². The van der Waals surface area contributed by atoms with Gasteiger partial charge in [-0.15, -0.1) is 11.3 Å². The van der Waals surface area contributed by atoms with Crippen LogP contribution in [0.5, 0.6) is 0 Å². The summed E-state index contributed by atoms with van der Waals surface area (Å²) in [4.78, 5) is 21.8. The van der Waals surface area contributed by atoms with Crippen LogP contribution in [-0.2, 0) is 10.0 Å². The zero-order valence-electron chi connectivity index (χ0n) is 17.2. The van der Waals surface area contributed by atoms with E-state index >= 15 is 0 Å². The quantitative estimate of drug-likeness (QED) is 0.696. The number of amides is 1. The fraction of sp³-hybridized carbons (Fsp3) is 0.500. The van der Waals surface area contributed by atoms with E-state index in [0.717, 1.165) is 30.3 Å². The number of carbonyl (C=O) groups is 1. The van der Waals surface area contributed by atoms with Crippen molar-refractivity contribution in [2.24, 2.45) is 0 Å². The van der Waals surface area contributed by atoms with E-state index in [2.05, 4.69) is 9.88 Å². The van der Waals surface area contributed by atoms with Crippen LogP contribution >= 0.6 is 11.3 Å². The van der Waals surface area contributed by atoms with E-state index in [9.17, 15) is 13.2 Å². The molecule has 1 aromatic heterocycles. The van der Waals surface area contributed by atoms with Crippen LogP contribution in [-0.4, -0.2) is 67.8 Å². The van der Waals surface area contributed by atoms with Crippen LogP contribution in [0.25, 0.3) is 0 Å². The van der Waals surface area contributed by atoms with Crippen molar-refractivity contribution in [1.29, 1.82) is 0 Å². The van der Waals surface area contributed by atoms with Crippen molar-refractivity contribution in [2.45, 2.75) is 32.1 Å². The molecule has 1 aliphatic rings. The van der Waals surface area contributed by atoms with Crippen LogP contribution in [0.3, 0.4) is 0 Å². The number of hydrogen-bond acceptors (Lipinski definition) is 6. The fourth-order valence-corrected chi connectivity index (χ4v) is 5.84. The van der Waals surface area contributed by atoms with Gasteiger partial charge in [0.2, 0.25) is 10.0 Å². The molecule has 0 aliphatic carbocycles. The third kappa shape index (κ3) is 4.79. The van der Waals surface area contributed by atoms with E-state index in [1.54, 1.807) is 29.5 Å². The highest BCUT2D eigenvalue weighted by Gasteiger charge is 2.25. The predicted octanol–water partition coefficient (Wildman–Crippen LogP) is 2.83. The molecule has 0 radical (unpaired) electrons. The minimum absolute atomic E-state index is 0.126. The molecule has 1 fully saturated rings. The second-order valence-electron chi connectivity index (χ2n) is 7.02. The third-order valence-electron chi connectivity index (χ3n) is 5.08. The van der Waals surface area contributed by atoms with Crippen molar-refractivity contribution < 1.29 is 13.2 Å². The molecular weight excluding hydrogens is 408 g/mol. The summed E-state index contributed by atoms with van der Waals surface area (Å²) in [5, 5.41) is 3.02. The Kier molecular flexibility index (Phi) is 6.92. The molecule has 1 aromatic carbocycles. The number of carbonyl (C=O) groups excluding carboxylic acids is 1. The van der Waals surface area contributed by atoms with Gasteiger partial charge >= 0.3 is 0 Å². The zero-order valence-corrected chi connectivity index (χ0v) is 18.8. The van der Waals surface area contributed by atoms with Gasteiger partial charge in [0.05, 0.1) is 10.6 Å². The molecule has 1 amide bonds. The van der Waals surface area contributed by atoms with Crippen molar-refractivity contribution in [1.82, 2.24) is 14.2 Å². The summed E-state index contributed by atoms with van der Waals surface area (Å²) in [5.74, 6) is -0.126. The van der Waals surface area contributed by atoms with Crippen LogP contribution in [0.2, 0.25) is 0 Å². The lowest BCUT2D eigenvalue weighted by Gasteiger charge is -2.22. The van der Waals surface area contributed by atoms with Crippen molar-refractivity contribution in [2.75, 3.05) is 44.2 Å². The summed E-state index contributed by atoms with van der Waals surface area (Å²) < 4.78 is 27.0. The van der Waals surface area contributed by atoms with Gasteiger partial charge in [0.15, 0.2) is 5.13 Å². The summed E-state index contributed by atoms with van der Waals surface area (Å²) in [6.07, 6.45) is 0.849. The first-order valence-electron chi connectivity index (χ1n) is 9.93. The van der Waals surface area contributed by atoms with Crippen molar-refractivity contribution in [3.8, 4) is 0 Å². The molecule has 0 atom stereocenters. The van der Waals surface area contributed by atoms with E-state index in [4.69, 9.17) is 0 Å². The zero-order chi connectivity index (χ0) is 21.0. The summed E-state index contributed by atoms with van der Waals surface area (Å²) in [5.41, 5.74) is 1.42. The predicted molar refractivity (Wildman–Crippen MR) is 116 cm³/mol. The Hall–Kier alpha value is -1.97. The lowest BCUT2D eigenvalue weighted by molar-refractivity contribution is 0.0766. The summed E-state index contributed by atoms with van der Waals surface area (Å²) in [6, 6.07) is 6.39.